The molecule has 1 aliphatic carbocycles. The summed E-state index contributed by atoms with van der Waals surface area (Å²) in [6.07, 6.45) is 11.8. The second-order valence-electron chi connectivity index (χ2n) is 9.88. The van der Waals surface area contributed by atoms with Crippen LogP contribution in [0.1, 0.15) is 114 Å². The van der Waals surface area contributed by atoms with Gasteiger partial charge in [0.05, 0.1) is 6.42 Å². The van der Waals surface area contributed by atoms with Gasteiger partial charge in [-0.05, 0) is 46.0 Å². The van der Waals surface area contributed by atoms with Crippen LogP contribution in [0.25, 0.3) is 0 Å². The van der Waals surface area contributed by atoms with Gasteiger partial charge in [0.15, 0.2) is 0 Å². The van der Waals surface area contributed by atoms with E-state index >= 15 is 0 Å². The molecule has 7 heteroatoms. The van der Waals surface area contributed by atoms with E-state index in [9.17, 15) is 9.59 Å². The summed E-state index contributed by atoms with van der Waals surface area (Å²) < 4.78 is 11.0. The Balaban J connectivity index is 1.63. The molecular weight excluding hydrogens is 382 g/mol. The molecule has 0 N–H and O–H groups in total. The third-order valence-corrected chi connectivity index (χ3v) is 6.10. The van der Waals surface area contributed by atoms with Crippen LogP contribution >= 0.6 is 0 Å². The molecule has 2 aliphatic rings. The Morgan fingerprint density at radius 3 is 2.50 bits per heavy atom. The number of esters is 1. The van der Waals surface area contributed by atoms with Crippen LogP contribution in [0.15, 0.2) is 4.52 Å². The molecule has 1 saturated carbocycles. The van der Waals surface area contributed by atoms with Gasteiger partial charge in [0, 0.05) is 19.0 Å². The first kappa shape index (κ1) is 22.8. The summed E-state index contributed by atoms with van der Waals surface area (Å²) in [6.45, 7) is 7.07. The van der Waals surface area contributed by atoms with Gasteiger partial charge in [-0.25, -0.2) is 0 Å². The van der Waals surface area contributed by atoms with Crippen molar-refractivity contribution < 1.29 is 18.8 Å². The molecule has 1 aromatic heterocycles. The molecule has 30 heavy (non-hydrogen) atoms. The van der Waals surface area contributed by atoms with Crippen LogP contribution in [-0.2, 0) is 9.53 Å². The number of hydrogen-bond donors (Lipinski definition) is 0. The monoisotopic (exact) mass is 419 g/mol. The molecule has 168 valence electrons. The van der Waals surface area contributed by atoms with Crippen molar-refractivity contribution >= 4 is 11.9 Å². The van der Waals surface area contributed by atoms with E-state index in [-0.39, 0.29) is 30.0 Å². The quantitative estimate of drug-likeness (QED) is 0.559. The summed E-state index contributed by atoms with van der Waals surface area (Å²) >= 11 is 0. The fourth-order valence-corrected chi connectivity index (χ4v) is 4.58. The van der Waals surface area contributed by atoms with E-state index in [4.69, 9.17) is 9.26 Å². The molecule has 0 radical (unpaired) electrons. The summed E-state index contributed by atoms with van der Waals surface area (Å²) in [7, 11) is 0. The minimum absolute atomic E-state index is 0.105. The SMILES string of the molecule is CC(C)(C)OC(=O)C[C@@H](CCCC1CCCCC1)c1nc(C(=O)N2CCCC2)no1. The van der Waals surface area contributed by atoms with Gasteiger partial charge < -0.3 is 14.2 Å². The van der Waals surface area contributed by atoms with E-state index < -0.39 is 5.60 Å². The highest BCUT2D eigenvalue weighted by Gasteiger charge is 2.29. The average molecular weight is 420 g/mol. The third-order valence-electron chi connectivity index (χ3n) is 6.10. The third kappa shape index (κ3) is 6.81. The highest BCUT2D eigenvalue weighted by atomic mass is 16.6. The van der Waals surface area contributed by atoms with Gasteiger partial charge >= 0.3 is 5.97 Å². The average Bonchev–Trinajstić information content (AvgIpc) is 3.38. The largest absolute Gasteiger partial charge is 0.460 e. The lowest BCUT2D eigenvalue weighted by molar-refractivity contribution is -0.155. The van der Waals surface area contributed by atoms with E-state index in [1.807, 2.05) is 20.8 Å². The van der Waals surface area contributed by atoms with Crippen molar-refractivity contribution in [3.05, 3.63) is 11.7 Å². The predicted molar refractivity (Wildman–Crippen MR) is 113 cm³/mol. The van der Waals surface area contributed by atoms with Crippen molar-refractivity contribution in [1.82, 2.24) is 15.0 Å². The van der Waals surface area contributed by atoms with Crippen molar-refractivity contribution in [2.45, 2.75) is 103 Å². The Bertz CT molecular complexity index is 698. The molecule has 0 bridgehead atoms. The van der Waals surface area contributed by atoms with Gasteiger partial charge in [-0.1, -0.05) is 50.1 Å². The molecule has 0 spiro atoms. The van der Waals surface area contributed by atoms with Crippen LogP contribution < -0.4 is 0 Å². The number of carbonyl (C=O) groups is 2. The number of rotatable bonds is 8. The zero-order valence-corrected chi connectivity index (χ0v) is 18.8. The lowest BCUT2D eigenvalue weighted by atomic mass is 9.84. The van der Waals surface area contributed by atoms with Crippen molar-refractivity contribution in [2.24, 2.45) is 5.92 Å². The highest BCUT2D eigenvalue weighted by molar-refractivity contribution is 5.90. The predicted octanol–water partition coefficient (Wildman–Crippen LogP) is 4.87. The smallest absolute Gasteiger partial charge is 0.307 e. The number of likely N-dealkylation sites (tertiary alicyclic amines) is 1. The lowest BCUT2D eigenvalue weighted by Gasteiger charge is -2.23. The van der Waals surface area contributed by atoms with Gasteiger partial charge in [-0.3, -0.25) is 9.59 Å². The standard InChI is InChI=1S/C23H37N3O4/c1-23(2,3)29-19(27)16-18(13-9-12-17-10-5-4-6-11-17)21-24-20(25-30-21)22(28)26-14-7-8-15-26/h17-18H,4-16H2,1-3H3/t18-/m1/s1. The molecule has 1 amide bonds. The molecular formula is C23H37N3O4. The van der Waals surface area contributed by atoms with E-state index in [2.05, 4.69) is 10.1 Å². The highest BCUT2D eigenvalue weighted by Crippen LogP contribution is 2.31. The first-order chi connectivity index (χ1) is 14.3. The first-order valence-corrected chi connectivity index (χ1v) is 11.7. The van der Waals surface area contributed by atoms with E-state index in [0.29, 0.717) is 5.89 Å². The number of nitrogens with zero attached hydrogens (tertiary/aromatic N) is 3. The fraction of sp³-hybridized carbons (Fsp3) is 0.826. The summed E-state index contributed by atoms with van der Waals surface area (Å²) in [5.41, 5.74) is -0.532. The second-order valence-corrected chi connectivity index (χ2v) is 9.88. The maximum absolute atomic E-state index is 12.6. The van der Waals surface area contributed by atoms with Crippen LogP contribution in [0.2, 0.25) is 0 Å². The minimum Gasteiger partial charge on any atom is -0.460 e. The maximum atomic E-state index is 12.6. The van der Waals surface area contributed by atoms with Gasteiger partial charge in [0.25, 0.3) is 11.7 Å². The van der Waals surface area contributed by atoms with Crippen LogP contribution in [0.5, 0.6) is 0 Å². The Hall–Kier alpha value is -1.92. The number of hydrogen-bond acceptors (Lipinski definition) is 6. The summed E-state index contributed by atoms with van der Waals surface area (Å²) in [5, 5.41) is 3.93. The normalized spacial score (nSPS) is 19.1. The van der Waals surface area contributed by atoms with Crippen molar-refractivity contribution in [2.75, 3.05) is 13.1 Å². The maximum Gasteiger partial charge on any atom is 0.307 e. The molecule has 0 unspecified atom stereocenters. The number of carbonyl (C=O) groups excluding carboxylic acids is 2. The molecule has 3 rings (SSSR count). The topological polar surface area (TPSA) is 85.5 Å². The lowest BCUT2D eigenvalue weighted by Crippen LogP contribution is -2.28. The van der Waals surface area contributed by atoms with Gasteiger partial charge in [-0.2, -0.15) is 4.98 Å². The summed E-state index contributed by atoms with van der Waals surface area (Å²) in [5.74, 6) is 0.615. The Morgan fingerprint density at radius 2 is 1.83 bits per heavy atom. The van der Waals surface area contributed by atoms with Crippen molar-refractivity contribution in [3.8, 4) is 0 Å². The van der Waals surface area contributed by atoms with Crippen molar-refractivity contribution in [3.63, 3.8) is 0 Å². The zero-order chi connectivity index (χ0) is 21.6. The van der Waals surface area contributed by atoms with Gasteiger partial charge in [-0.15, -0.1) is 0 Å². The molecule has 1 aromatic rings. The van der Waals surface area contributed by atoms with E-state index in [1.165, 1.54) is 38.5 Å². The summed E-state index contributed by atoms with van der Waals surface area (Å²) in [4.78, 5) is 31.2. The molecule has 1 atom stereocenters. The molecule has 2 fully saturated rings. The van der Waals surface area contributed by atoms with E-state index in [1.54, 1.807) is 4.90 Å². The fourth-order valence-electron chi connectivity index (χ4n) is 4.58. The number of ether oxygens (including phenoxy) is 1. The van der Waals surface area contributed by atoms with E-state index in [0.717, 1.165) is 44.7 Å². The minimum atomic E-state index is -0.532. The Labute approximate surface area is 179 Å². The molecule has 2 heterocycles. The Kier molecular flexibility index (Phi) is 7.89. The Morgan fingerprint density at radius 1 is 1.13 bits per heavy atom. The van der Waals surface area contributed by atoms with Crippen molar-refractivity contribution in [1.29, 1.82) is 0 Å². The molecule has 1 saturated heterocycles. The van der Waals surface area contributed by atoms with Gasteiger partial charge in [0.2, 0.25) is 5.89 Å². The second kappa shape index (κ2) is 10.4. The van der Waals surface area contributed by atoms with Crippen LogP contribution in [0, 0.1) is 5.92 Å². The number of amides is 1. The zero-order valence-electron chi connectivity index (χ0n) is 18.8. The molecule has 7 nitrogen and oxygen atoms in total. The number of aromatic nitrogens is 2. The summed E-state index contributed by atoms with van der Waals surface area (Å²) in [6, 6.07) is 0. The van der Waals surface area contributed by atoms with Crippen LogP contribution in [0.3, 0.4) is 0 Å². The van der Waals surface area contributed by atoms with Crippen LogP contribution in [0.4, 0.5) is 0 Å². The molecule has 1 aliphatic heterocycles. The first-order valence-electron chi connectivity index (χ1n) is 11.7. The molecule has 0 aromatic carbocycles. The van der Waals surface area contributed by atoms with Crippen LogP contribution in [-0.4, -0.2) is 45.6 Å². The van der Waals surface area contributed by atoms with Gasteiger partial charge in [0.1, 0.15) is 5.60 Å².